The van der Waals surface area contributed by atoms with Gasteiger partial charge in [0.05, 0.1) is 0 Å². The highest BCUT2D eigenvalue weighted by Gasteiger charge is 2.35. The Hall–Kier alpha value is -1.30. The molecule has 0 saturated carbocycles. The lowest BCUT2D eigenvalue weighted by molar-refractivity contribution is -0.142. The molecule has 0 aliphatic heterocycles. The fourth-order valence-corrected chi connectivity index (χ4v) is 1.68. The molecule has 0 N–H and O–H groups in total. The van der Waals surface area contributed by atoms with Crippen LogP contribution in [0, 0.1) is 0 Å². The van der Waals surface area contributed by atoms with Crippen molar-refractivity contribution in [1.82, 2.24) is 5.16 Å². The summed E-state index contributed by atoms with van der Waals surface area (Å²) in [5, 5.41) is 2.98. The summed E-state index contributed by atoms with van der Waals surface area (Å²) in [7, 11) is 0. The van der Waals surface area contributed by atoms with Crippen LogP contribution in [0.3, 0.4) is 0 Å². The van der Waals surface area contributed by atoms with Crippen LogP contribution in [0.5, 0.6) is 0 Å². The van der Waals surface area contributed by atoms with Crippen LogP contribution in [-0.4, -0.2) is 5.16 Å². The van der Waals surface area contributed by atoms with E-state index in [4.69, 9.17) is 0 Å². The van der Waals surface area contributed by atoms with Gasteiger partial charge in [-0.15, -0.1) is 0 Å². The van der Waals surface area contributed by atoms with Gasteiger partial charge in [0, 0.05) is 16.1 Å². The van der Waals surface area contributed by atoms with Crippen molar-refractivity contribution in [2.45, 2.75) is 6.18 Å². The van der Waals surface area contributed by atoms with Gasteiger partial charge < -0.3 is 4.52 Å². The predicted molar refractivity (Wildman–Crippen MR) is 54.6 cm³/mol. The van der Waals surface area contributed by atoms with Crippen molar-refractivity contribution < 1.29 is 17.7 Å². The minimum absolute atomic E-state index is 0.0831. The third-order valence-corrected chi connectivity index (χ3v) is 2.63. The molecule has 6 heteroatoms. The predicted octanol–water partition coefficient (Wildman–Crippen LogP) is 4.12. The van der Waals surface area contributed by atoms with E-state index >= 15 is 0 Å². The monoisotopic (exact) mass is 291 g/mol. The number of halogens is 4. The summed E-state index contributed by atoms with van der Waals surface area (Å²) in [6, 6.07) is 7.69. The zero-order valence-corrected chi connectivity index (χ0v) is 9.34. The molecule has 0 amide bonds. The summed E-state index contributed by atoms with van der Waals surface area (Å²) in [6.07, 6.45) is -4.48. The van der Waals surface area contributed by atoms with Crippen molar-refractivity contribution in [2.24, 2.45) is 0 Å². The first kappa shape index (κ1) is 11.2. The van der Waals surface area contributed by atoms with E-state index in [0.29, 0.717) is 10.0 Å². The number of aromatic nitrogens is 1. The third kappa shape index (κ3) is 2.11. The maximum atomic E-state index is 12.3. The lowest BCUT2D eigenvalue weighted by atomic mass is 10.1. The second-order valence-electron chi connectivity index (χ2n) is 3.05. The lowest BCUT2D eigenvalue weighted by Crippen LogP contribution is -2.04. The standard InChI is InChI=1S/C10H5BrF3NO/c11-7-4-2-1-3-6(7)8-5-9(15-16-8)10(12,13)14/h1-5H. The van der Waals surface area contributed by atoms with Crippen LogP contribution in [0.4, 0.5) is 13.2 Å². The Bertz CT molecular complexity index is 507. The van der Waals surface area contributed by atoms with E-state index in [1.807, 2.05) is 0 Å². The van der Waals surface area contributed by atoms with Gasteiger partial charge in [-0.05, 0) is 12.1 Å². The molecule has 1 aromatic carbocycles. The zero-order chi connectivity index (χ0) is 11.8. The number of nitrogens with zero attached hydrogens (tertiary/aromatic N) is 1. The molecule has 0 aliphatic carbocycles. The summed E-state index contributed by atoms with van der Waals surface area (Å²) in [4.78, 5) is 0. The van der Waals surface area contributed by atoms with Crippen molar-refractivity contribution >= 4 is 15.9 Å². The Balaban J connectivity index is 2.44. The largest absolute Gasteiger partial charge is 0.436 e. The molecule has 1 heterocycles. The van der Waals surface area contributed by atoms with Gasteiger partial charge in [0.15, 0.2) is 11.5 Å². The van der Waals surface area contributed by atoms with Crippen LogP contribution in [0.25, 0.3) is 11.3 Å². The Morgan fingerprint density at radius 1 is 1.19 bits per heavy atom. The van der Waals surface area contributed by atoms with Crippen LogP contribution >= 0.6 is 15.9 Å². The van der Waals surface area contributed by atoms with E-state index in [9.17, 15) is 13.2 Å². The smallest absolute Gasteiger partial charge is 0.356 e. The normalized spacial score (nSPS) is 11.8. The maximum absolute atomic E-state index is 12.3. The highest BCUT2D eigenvalue weighted by Crippen LogP contribution is 2.33. The Kier molecular flexibility index (Phi) is 2.75. The van der Waals surface area contributed by atoms with Gasteiger partial charge in [-0.2, -0.15) is 13.2 Å². The Morgan fingerprint density at radius 3 is 2.44 bits per heavy atom. The Labute approximate surface area is 97.2 Å². The molecule has 0 aliphatic rings. The van der Waals surface area contributed by atoms with Crippen molar-refractivity contribution in [1.29, 1.82) is 0 Å². The number of hydrogen-bond donors (Lipinski definition) is 0. The molecule has 0 saturated heterocycles. The van der Waals surface area contributed by atoms with Gasteiger partial charge in [0.2, 0.25) is 0 Å². The quantitative estimate of drug-likeness (QED) is 0.790. The second-order valence-corrected chi connectivity index (χ2v) is 3.91. The molecular formula is C10H5BrF3NO. The van der Waals surface area contributed by atoms with Crippen molar-refractivity contribution in [2.75, 3.05) is 0 Å². The fourth-order valence-electron chi connectivity index (χ4n) is 1.20. The molecule has 0 spiro atoms. The molecule has 16 heavy (non-hydrogen) atoms. The number of rotatable bonds is 1. The fraction of sp³-hybridized carbons (Fsp3) is 0.100. The first-order valence-electron chi connectivity index (χ1n) is 4.27. The minimum atomic E-state index is -4.48. The number of hydrogen-bond acceptors (Lipinski definition) is 2. The average Bonchev–Trinajstić information content (AvgIpc) is 2.66. The Morgan fingerprint density at radius 2 is 1.88 bits per heavy atom. The first-order chi connectivity index (χ1) is 7.48. The molecule has 0 unspecified atom stereocenters. The summed E-state index contributed by atoms with van der Waals surface area (Å²) >= 11 is 3.22. The van der Waals surface area contributed by atoms with Crippen LogP contribution in [0.1, 0.15) is 5.69 Å². The van der Waals surface area contributed by atoms with E-state index < -0.39 is 11.9 Å². The van der Waals surface area contributed by atoms with E-state index in [-0.39, 0.29) is 5.76 Å². The summed E-state index contributed by atoms with van der Waals surface area (Å²) in [6.45, 7) is 0. The van der Waals surface area contributed by atoms with Gasteiger partial charge in [-0.1, -0.05) is 33.2 Å². The lowest BCUT2D eigenvalue weighted by Gasteiger charge is -1.98. The van der Waals surface area contributed by atoms with Gasteiger partial charge in [0.1, 0.15) is 0 Å². The van der Waals surface area contributed by atoms with Crippen LogP contribution in [-0.2, 0) is 6.18 Å². The van der Waals surface area contributed by atoms with E-state index in [1.54, 1.807) is 24.3 Å². The minimum Gasteiger partial charge on any atom is -0.356 e. The molecule has 0 bridgehead atoms. The summed E-state index contributed by atoms with van der Waals surface area (Å²) in [5.41, 5.74) is -0.497. The molecule has 1 aromatic heterocycles. The van der Waals surface area contributed by atoms with Gasteiger partial charge in [-0.25, -0.2) is 0 Å². The second kappa shape index (κ2) is 3.93. The van der Waals surface area contributed by atoms with Crippen molar-refractivity contribution in [3.63, 3.8) is 0 Å². The van der Waals surface area contributed by atoms with Gasteiger partial charge in [0.25, 0.3) is 0 Å². The van der Waals surface area contributed by atoms with Crippen LogP contribution in [0.2, 0.25) is 0 Å². The van der Waals surface area contributed by atoms with E-state index in [0.717, 1.165) is 6.07 Å². The molecular weight excluding hydrogens is 287 g/mol. The van der Waals surface area contributed by atoms with Crippen molar-refractivity contribution in [3.05, 3.63) is 40.5 Å². The topological polar surface area (TPSA) is 26.0 Å². The van der Waals surface area contributed by atoms with Crippen LogP contribution < -0.4 is 0 Å². The molecule has 0 atom stereocenters. The molecule has 2 rings (SSSR count). The third-order valence-electron chi connectivity index (χ3n) is 1.94. The maximum Gasteiger partial charge on any atom is 0.436 e. The SMILES string of the molecule is FC(F)(F)c1cc(-c2ccccc2Br)on1. The highest BCUT2D eigenvalue weighted by molar-refractivity contribution is 9.10. The van der Waals surface area contributed by atoms with Crippen LogP contribution in [0.15, 0.2) is 39.3 Å². The molecule has 0 fully saturated rings. The van der Waals surface area contributed by atoms with Gasteiger partial charge >= 0.3 is 6.18 Å². The average molecular weight is 292 g/mol. The molecule has 2 nitrogen and oxygen atoms in total. The highest BCUT2D eigenvalue weighted by atomic mass is 79.9. The van der Waals surface area contributed by atoms with Crippen molar-refractivity contribution in [3.8, 4) is 11.3 Å². The first-order valence-corrected chi connectivity index (χ1v) is 5.06. The molecule has 0 radical (unpaired) electrons. The van der Waals surface area contributed by atoms with Gasteiger partial charge in [-0.3, -0.25) is 0 Å². The zero-order valence-electron chi connectivity index (χ0n) is 7.75. The molecule has 84 valence electrons. The van der Waals surface area contributed by atoms with E-state index in [2.05, 4.69) is 25.6 Å². The number of benzene rings is 1. The number of alkyl halides is 3. The summed E-state index contributed by atoms with van der Waals surface area (Å²) < 4.78 is 42.2. The summed E-state index contributed by atoms with van der Waals surface area (Å²) in [5.74, 6) is 0.0831. The molecule has 2 aromatic rings. The van der Waals surface area contributed by atoms with E-state index in [1.165, 1.54) is 0 Å².